The van der Waals surface area contributed by atoms with Crippen LogP contribution in [-0.2, 0) is 16.8 Å². The molecular weight excluding hydrogens is 371 g/mol. The van der Waals surface area contributed by atoms with Crippen LogP contribution in [0, 0.1) is 6.92 Å². The molecule has 2 rings (SSSR count). The number of H-pyrrole nitrogens is 1. The standard InChI is InChI=1S/C11H10BrFN2O3S2/c1-6-2-8(12)10(19-6)5-15-11(16)9-3-7(4-14-9)20(13,17)18/h2-4,14H,5H2,1H3,(H,15,16). The Bertz CT molecular complexity index is 752. The van der Waals surface area contributed by atoms with Crippen LogP contribution in [0.3, 0.4) is 0 Å². The molecule has 9 heteroatoms. The zero-order chi connectivity index (χ0) is 14.9. The van der Waals surface area contributed by atoms with Gasteiger partial charge in [0.05, 0.1) is 6.54 Å². The van der Waals surface area contributed by atoms with E-state index in [4.69, 9.17) is 0 Å². The molecule has 0 unspecified atom stereocenters. The van der Waals surface area contributed by atoms with Crippen molar-refractivity contribution in [1.29, 1.82) is 0 Å². The first kappa shape index (κ1) is 15.2. The van der Waals surface area contributed by atoms with E-state index in [2.05, 4.69) is 26.2 Å². The van der Waals surface area contributed by atoms with Crippen molar-refractivity contribution in [2.45, 2.75) is 18.4 Å². The van der Waals surface area contributed by atoms with Gasteiger partial charge in [0.15, 0.2) is 0 Å². The SMILES string of the molecule is Cc1cc(Br)c(CNC(=O)c2cc(S(=O)(=O)F)c[nH]2)s1. The maximum atomic E-state index is 12.7. The molecule has 0 radical (unpaired) electrons. The molecule has 0 fully saturated rings. The van der Waals surface area contributed by atoms with Gasteiger partial charge in [-0.15, -0.1) is 15.2 Å². The van der Waals surface area contributed by atoms with Crippen LogP contribution in [0.15, 0.2) is 27.7 Å². The highest BCUT2D eigenvalue weighted by Gasteiger charge is 2.17. The molecule has 20 heavy (non-hydrogen) atoms. The third kappa shape index (κ3) is 3.47. The average Bonchev–Trinajstić information content (AvgIpc) is 2.92. The van der Waals surface area contributed by atoms with E-state index in [-0.39, 0.29) is 5.69 Å². The second-order valence-electron chi connectivity index (χ2n) is 4.00. The second kappa shape index (κ2) is 5.66. The summed E-state index contributed by atoms with van der Waals surface area (Å²) in [5.74, 6) is -0.502. The quantitative estimate of drug-likeness (QED) is 0.800. The fourth-order valence-electron chi connectivity index (χ4n) is 1.55. The van der Waals surface area contributed by atoms with E-state index < -0.39 is 21.0 Å². The molecule has 0 spiro atoms. The van der Waals surface area contributed by atoms with Crippen LogP contribution in [-0.4, -0.2) is 19.3 Å². The number of aryl methyl sites for hydroxylation is 1. The molecule has 0 atom stereocenters. The summed E-state index contributed by atoms with van der Waals surface area (Å²) in [6.07, 6.45) is 0.940. The summed E-state index contributed by atoms with van der Waals surface area (Å²) in [6, 6.07) is 2.90. The number of amides is 1. The molecule has 2 aromatic rings. The van der Waals surface area contributed by atoms with E-state index in [9.17, 15) is 17.1 Å². The lowest BCUT2D eigenvalue weighted by atomic mass is 10.4. The number of halogens is 2. The number of thiophene rings is 1. The second-order valence-corrected chi connectivity index (χ2v) is 7.54. The Morgan fingerprint density at radius 2 is 2.20 bits per heavy atom. The largest absolute Gasteiger partial charge is 0.356 e. The van der Waals surface area contributed by atoms with Crippen molar-refractivity contribution in [1.82, 2.24) is 10.3 Å². The molecule has 2 aromatic heterocycles. The number of carbonyl (C=O) groups is 1. The Hall–Kier alpha value is -1.19. The number of aromatic amines is 1. The van der Waals surface area contributed by atoms with Gasteiger partial charge in [-0.2, -0.15) is 8.42 Å². The van der Waals surface area contributed by atoms with Gasteiger partial charge < -0.3 is 10.3 Å². The van der Waals surface area contributed by atoms with Gasteiger partial charge in [0.1, 0.15) is 10.6 Å². The topological polar surface area (TPSA) is 79.0 Å². The van der Waals surface area contributed by atoms with Gasteiger partial charge in [-0.1, -0.05) is 0 Å². The number of hydrogen-bond acceptors (Lipinski definition) is 4. The number of nitrogens with one attached hydrogen (secondary N) is 2. The molecule has 1 amide bonds. The van der Waals surface area contributed by atoms with E-state index in [1.54, 1.807) is 0 Å². The van der Waals surface area contributed by atoms with Gasteiger partial charge in [0.2, 0.25) is 0 Å². The van der Waals surface area contributed by atoms with Gasteiger partial charge in [-0.3, -0.25) is 4.79 Å². The van der Waals surface area contributed by atoms with Crippen LogP contribution in [0.25, 0.3) is 0 Å². The van der Waals surface area contributed by atoms with E-state index >= 15 is 0 Å². The van der Waals surface area contributed by atoms with E-state index in [1.807, 2.05) is 13.0 Å². The van der Waals surface area contributed by atoms with Crippen LogP contribution in [0.2, 0.25) is 0 Å². The molecule has 0 saturated heterocycles. The fourth-order valence-corrected chi connectivity index (χ4v) is 3.76. The highest BCUT2D eigenvalue weighted by atomic mass is 79.9. The monoisotopic (exact) mass is 380 g/mol. The molecule has 2 heterocycles. The lowest BCUT2D eigenvalue weighted by Crippen LogP contribution is -2.22. The summed E-state index contributed by atoms with van der Waals surface area (Å²) in [6.45, 7) is 2.25. The minimum atomic E-state index is -4.80. The molecule has 0 bridgehead atoms. The zero-order valence-electron chi connectivity index (χ0n) is 10.2. The van der Waals surface area contributed by atoms with Gasteiger partial charge >= 0.3 is 10.2 Å². The van der Waals surface area contributed by atoms with Gasteiger partial charge in [0, 0.05) is 20.4 Å². The highest BCUT2D eigenvalue weighted by Crippen LogP contribution is 2.26. The van der Waals surface area contributed by atoms with Gasteiger partial charge in [0.25, 0.3) is 5.91 Å². The molecule has 0 saturated carbocycles. The van der Waals surface area contributed by atoms with Crippen molar-refractivity contribution in [3.8, 4) is 0 Å². The predicted molar refractivity (Wildman–Crippen MR) is 77.0 cm³/mol. The van der Waals surface area contributed by atoms with Crippen LogP contribution < -0.4 is 5.32 Å². The Morgan fingerprint density at radius 1 is 1.50 bits per heavy atom. The first-order chi connectivity index (χ1) is 9.27. The van der Waals surface area contributed by atoms with E-state index in [0.29, 0.717) is 6.54 Å². The maximum absolute atomic E-state index is 12.7. The summed E-state index contributed by atoms with van der Waals surface area (Å²) in [4.78, 5) is 15.7. The molecular formula is C11H10BrFN2O3S2. The smallest absolute Gasteiger partial charge is 0.333 e. The fraction of sp³-hybridized carbons (Fsp3) is 0.182. The summed E-state index contributed by atoms with van der Waals surface area (Å²) in [5, 5.41) is 2.63. The van der Waals surface area contributed by atoms with Crippen LogP contribution in [0.4, 0.5) is 3.89 Å². The minimum absolute atomic E-state index is 0.00868. The molecule has 0 aliphatic rings. The number of hydrogen-bond donors (Lipinski definition) is 2. The molecule has 0 aliphatic carbocycles. The number of aromatic nitrogens is 1. The Kier molecular flexibility index (Phi) is 4.31. The van der Waals surface area contributed by atoms with E-state index in [0.717, 1.165) is 26.5 Å². The van der Waals surface area contributed by atoms with Crippen LogP contribution in [0.5, 0.6) is 0 Å². The van der Waals surface area contributed by atoms with Gasteiger partial charge in [-0.05, 0) is 35.0 Å². The van der Waals surface area contributed by atoms with Crippen molar-refractivity contribution in [3.63, 3.8) is 0 Å². The summed E-state index contributed by atoms with van der Waals surface area (Å²) < 4.78 is 35.0. The maximum Gasteiger partial charge on any atom is 0.333 e. The minimum Gasteiger partial charge on any atom is -0.356 e. The van der Waals surface area contributed by atoms with Crippen LogP contribution in [0.1, 0.15) is 20.2 Å². The van der Waals surface area contributed by atoms with Crippen molar-refractivity contribution in [2.75, 3.05) is 0 Å². The highest BCUT2D eigenvalue weighted by molar-refractivity contribution is 9.10. The lowest BCUT2D eigenvalue weighted by Gasteiger charge is -2.02. The predicted octanol–water partition coefficient (Wildman–Crippen LogP) is 2.74. The third-order valence-corrected chi connectivity index (χ3v) is 5.29. The summed E-state index contributed by atoms with van der Waals surface area (Å²) in [5.41, 5.74) is -0.00868. The molecule has 0 aromatic carbocycles. The number of carbonyl (C=O) groups excluding carboxylic acids is 1. The van der Waals surface area contributed by atoms with Crippen LogP contribution >= 0.6 is 27.3 Å². The summed E-state index contributed by atoms with van der Waals surface area (Å²) in [7, 11) is -4.80. The Balaban J connectivity index is 2.06. The Morgan fingerprint density at radius 3 is 2.70 bits per heavy atom. The van der Waals surface area contributed by atoms with Crippen molar-refractivity contribution >= 4 is 43.4 Å². The normalized spacial score (nSPS) is 11.6. The van der Waals surface area contributed by atoms with Gasteiger partial charge in [-0.25, -0.2) is 0 Å². The first-order valence-electron chi connectivity index (χ1n) is 5.43. The first-order valence-corrected chi connectivity index (χ1v) is 8.43. The van der Waals surface area contributed by atoms with Crippen molar-refractivity contribution < 1.29 is 17.1 Å². The Labute approximate surface area is 127 Å². The molecule has 108 valence electrons. The van der Waals surface area contributed by atoms with E-state index in [1.165, 1.54) is 11.3 Å². The lowest BCUT2D eigenvalue weighted by molar-refractivity contribution is 0.0947. The van der Waals surface area contributed by atoms with Crippen molar-refractivity contribution in [2.24, 2.45) is 0 Å². The average molecular weight is 381 g/mol. The number of rotatable bonds is 4. The molecule has 5 nitrogen and oxygen atoms in total. The molecule has 2 N–H and O–H groups in total. The molecule has 0 aliphatic heterocycles. The summed E-state index contributed by atoms with van der Waals surface area (Å²) >= 11 is 4.91. The third-order valence-electron chi connectivity index (χ3n) is 2.47. The zero-order valence-corrected chi connectivity index (χ0v) is 13.5. The van der Waals surface area contributed by atoms with Crippen molar-refractivity contribution in [3.05, 3.63) is 38.3 Å².